The third-order valence-electron chi connectivity index (χ3n) is 5.20. The first-order valence-corrected chi connectivity index (χ1v) is 9.52. The summed E-state index contributed by atoms with van der Waals surface area (Å²) in [6, 6.07) is 10.2. The molecule has 0 bridgehead atoms. The fourth-order valence-electron chi connectivity index (χ4n) is 3.82. The summed E-state index contributed by atoms with van der Waals surface area (Å²) in [7, 11) is 3.91. The van der Waals surface area contributed by atoms with Gasteiger partial charge in [-0.3, -0.25) is 9.59 Å². The number of benzene rings is 1. The molecule has 29 heavy (non-hydrogen) atoms. The summed E-state index contributed by atoms with van der Waals surface area (Å²) in [6.45, 7) is 1.16. The minimum absolute atomic E-state index is 0.0551. The highest BCUT2D eigenvalue weighted by Gasteiger charge is 2.47. The molecule has 1 aliphatic heterocycles. The van der Waals surface area contributed by atoms with Gasteiger partial charge in [0.05, 0.1) is 11.8 Å². The van der Waals surface area contributed by atoms with Crippen molar-refractivity contribution in [3.63, 3.8) is 0 Å². The number of Topliss-reactive ketones (excluding diaryl/α,β-unsaturated/α-hetero) is 1. The van der Waals surface area contributed by atoms with Crippen LogP contribution in [0, 0.1) is 0 Å². The summed E-state index contributed by atoms with van der Waals surface area (Å²) >= 11 is 0. The number of hydrogen-bond acceptors (Lipinski definition) is 5. The van der Waals surface area contributed by atoms with E-state index in [0.29, 0.717) is 24.3 Å². The summed E-state index contributed by atoms with van der Waals surface area (Å²) < 4.78 is 5.55. The third-order valence-corrected chi connectivity index (χ3v) is 5.20. The normalized spacial score (nSPS) is 19.0. The number of likely N-dealkylation sites (tertiary alicyclic amines) is 1. The van der Waals surface area contributed by atoms with Crippen LogP contribution in [0.3, 0.4) is 0 Å². The molecule has 7 nitrogen and oxygen atoms in total. The number of ketones is 1. The molecule has 1 amide bonds. The Balaban J connectivity index is 1.81. The largest absolute Gasteiger partial charge is 0.507 e. The second kappa shape index (κ2) is 7.60. The SMILES string of the molecule is CN(C)CCCN1C(=O)C(=O)C(=C(O)c2c[nH]c3ccccc23)[C@@H]1c1ccco1. The third kappa shape index (κ3) is 3.34. The van der Waals surface area contributed by atoms with E-state index in [1.165, 1.54) is 11.2 Å². The monoisotopic (exact) mass is 393 g/mol. The average molecular weight is 393 g/mol. The Bertz CT molecular complexity index is 1080. The molecule has 2 N–H and O–H groups in total. The van der Waals surface area contributed by atoms with Crippen molar-refractivity contribution in [3.8, 4) is 0 Å². The molecule has 1 aromatic carbocycles. The predicted molar refractivity (Wildman–Crippen MR) is 109 cm³/mol. The summed E-state index contributed by atoms with van der Waals surface area (Å²) in [5, 5.41) is 11.9. The van der Waals surface area contributed by atoms with Gasteiger partial charge in [0.25, 0.3) is 11.7 Å². The molecule has 0 saturated carbocycles. The van der Waals surface area contributed by atoms with Gasteiger partial charge < -0.3 is 24.3 Å². The van der Waals surface area contributed by atoms with Gasteiger partial charge in [-0.15, -0.1) is 0 Å². The van der Waals surface area contributed by atoms with Crippen molar-refractivity contribution in [2.45, 2.75) is 12.5 Å². The fourth-order valence-corrected chi connectivity index (χ4v) is 3.82. The molecule has 1 saturated heterocycles. The number of carbonyl (C=O) groups is 2. The van der Waals surface area contributed by atoms with E-state index in [1.807, 2.05) is 43.3 Å². The number of rotatable bonds is 6. The molecule has 1 atom stereocenters. The molecule has 3 heterocycles. The molecule has 1 aliphatic rings. The van der Waals surface area contributed by atoms with Crippen LogP contribution in [0.2, 0.25) is 0 Å². The number of H-pyrrole nitrogens is 1. The zero-order valence-corrected chi connectivity index (χ0v) is 16.4. The minimum atomic E-state index is -0.749. The lowest BCUT2D eigenvalue weighted by Crippen LogP contribution is -2.32. The standard InChI is InChI=1S/C22H23N3O4/c1-24(2)10-6-11-25-19(17-9-5-12-29-17)18(21(27)22(25)28)20(26)15-13-23-16-8-4-3-7-14(15)16/h3-5,7-9,12-13,19,23,26H,6,10-11H2,1-2H3/t19-/m0/s1. The van der Waals surface area contributed by atoms with E-state index < -0.39 is 17.7 Å². The maximum absolute atomic E-state index is 12.9. The number of aromatic nitrogens is 1. The van der Waals surface area contributed by atoms with Crippen LogP contribution in [0.25, 0.3) is 16.7 Å². The second-order valence-corrected chi connectivity index (χ2v) is 7.41. The van der Waals surface area contributed by atoms with Crippen LogP contribution < -0.4 is 0 Å². The molecular weight excluding hydrogens is 370 g/mol. The molecule has 0 radical (unpaired) electrons. The lowest BCUT2D eigenvalue weighted by Gasteiger charge is -2.23. The number of aromatic amines is 1. The van der Waals surface area contributed by atoms with Gasteiger partial charge in [-0.1, -0.05) is 18.2 Å². The number of amides is 1. The number of aliphatic hydroxyl groups excluding tert-OH is 1. The lowest BCUT2D eigenvalue weighted by atomic mass is 9.99. The molecule has 4 rings (SSSR count). The van der Waals surface area contributed by atoms with Crippen LogP contribution in [0.15, 0.2) is 58.8 Å². The molecule has 0 spiro atoms. The van der Waals surface area contributed by atoms with Gasteiger partial charge in [-0.2, -0.15) is 0 Å². The van der Waals surface area contributed by atoms with E-state index in [1.54, 1.807) is 18.3 Å². The molecule has 150 valence electrons. The van der Waals surface area contributed by atoms with Crippen molar-refractivity contribution in [1.82, 2.24) is 14.8 Å². The topological polar surface area (TPSA) is 89.8 Å². The number of nitrogens with one attached hydrogen (secondary N) is 1. The number of hydrogen-bond donors (Lipinski definition) is 2. The maximum atomic E-state index is 12.9. The van der Waals surface area contributed by atoms with Crippen LogP contribution >= 0.6 is 0 Å². The van der Waals surface area contributed by atoms with Gasteiger partial charge in [0.1, 0.15) is 17.6 Å². The van der Waals surface area contributed by atoms with E-state index in [0.717, 1.165) is 17.4 Å². The highest BCUT2D eigenvalue weighted by Crippen LogP contribution is 2.40. The van der Waals surface area contributed by atoms with Gasteiger partial charge in [-0.05, 0) is 45.3 Å². The quantitative estimate of drug-likeness (QED) is 0.382. The zero-order valence-electron chi connectivity index (χ0n) is 16.4. The number of nitrogens with zero attached hydrogens (tertiary/aromatic N) is 2. The molecule has 1 fully saturated rings. The van der Waals surface area contributed by atoms with Gasteiger partial charge >= 0.3 is 0 Å². The predicted octanol–water partition coefficient (Wildman–Crippen LogP) is 3.13. The number of fused-ring (bicyclic) bond motifs is 1. The lowest BCUT2D eigenvalue weighted by molar-refractivity contribution is -0.140. The smallest absolute Gasteiger partial charge is 0.295 e. The van der Waals surface area contributed by atoms with Crippen LogP contribution in [0.4, 0.5) is 0 Å². The number of aliphatic hydroxyl groups is 1. The molecule has 7 heteroatoms. The summed E-state index contributed by atoms with van der Waals surface area (Å²) in [5.74, 6) is -1.06. The Morgan fingerprint density at radius 2 is 2.00 bits per heavy atom. The van der Waals surface area contributed by atoms with E-state index >= 15 is 0 Å². The molecule has 0 unspecified atom stereocenters. The van der Waals surface area contributed by atoms with Crippen molar-refractivity contribution in [1.29, 1.82) is 0 Å². The number of furan rings is 1. The highest BCUT2D eigenvalue weighted by atomic mass is 16.3. The van der Waals surface area contributed by atoms with E-state index in [9.17, 15) is 14.7 Å². The van der Waals surface area contributed by atoms with Crippen molar-refractivity contribution in [3.05, 3.63) is 65.8 Å². The average Bonchev–Trinajstić information content (AvgIpc) is 3.42. The van der Waals surface area contributed by atoms with Crippen LogP contribution in [-0.4, -0.2) is 58.8 Å². The maximum Gasteiger partial charge on any atom is 0.295 e. The zero-order chi connectivity index (χ0) is 20.5. The van der Waals surface area contributed by atoms with E-state index in [4.69, 9.17) is 4.42 Å². The molecule has 2 aromatic heterocycles. The van der Waals surface area contributed by atoms with Gasteiger partial charge in [0, 0.05) is 29.2 Å². The van der Waals surface area contributed by atoms with Crippen molar-refractivity contribution >= 4 is 28.4 Å². The minimum Gasteiger partial charge on any atom is -0.507 e. The Labute approximate surface area is 168 Å². The van der Waals surface area contributed by atoms with Gasteiger partial charge in [0.15, 0.2) is 0 Å². The van der Waals surface area contributed by atoms with Crippen LogP contribution in [0.5, 0.6) is 0 Å². The first-order chi connectivity index (χ1) is 14.0. The summed E-state index contributed by atoms with van der Waals surface area (Å²) in [6.07, 6.45) is 3.85. The number of carbonyl (C=O) groups excluding carboxylic acids is 2. The van der Waals surface area contributed by atoms with Crippen LogP contribution in [0.1, 0.15) is 23.8 Å². The molecular formula is C22H23N3O4. The fraction of sp³-hybridized carbons (Fsp3) is 0.273. The Kier molecular flexibility index (Phi) is 4.98. The van der Waals surface area contributed by atoms with Gasteiger partial charge in [0.2, 0.25) is 0 Å². The Hall–Kier alpha value is -3.32. The summed E-state index contributed by atoms with van der Waals surface area (Å²) in [4.78, 5) is 32.3. The summed E-state index contributed by atoms with van der Waals surface area (Å²) in [5.41, 5.74) is 1.38. The first-order valence-electron chi connectivity index (χ1n) is 9.52. The number of para-hydroxylation sites is 1. The van der Waals surface area contributed by atoms with E-state index in [2.05, 4.69) is 4.98 Å². The Morgan fingerprint density at radius 3 is 2.72 bits per heavy atom. The molecule has 3 aromatic rings. The van der Waals surface area contributed by atoms with Crippen LogP contribution in [-0.2, 0) is 9.59 Å². The second-order valence-electron chi connectivity index (χ2n) is 7.41. The van der Waals surface area contributed by atoms with Crippen molar-refractivity contribution < 1.29 is 19.1 Å². The van der Waals surface area contributed by atoms with E-state index in [-0.39, 0.29) is 11.3 Å². The van der Waals surface area contributed by atoms with Crippen molar-refractivity contribution in [2.75, 3.05) is 27.2 Å². The Morgan fingerprint density at radius 1 is 1.21 bits per heavy atom. The highest BCUT2D eigenvalue weighted by molar-refractivity contribution is 6.46. The van der Waals surface area contributed by atoms with Gasteiger partial charge in [-0.25, -0.2) is 0 Å². The first kappa shape index (κ1) is 19.0. The molecule has 0 aliphatic carbocycles. The van der Waals surface area contributed by atoms with Crippen molar-refractivity contribution in [2.24, 2.45) is 0 Å².